The van der Waals surface area contributed by atoms with Crippen LogP contribution in [0, 0.1) is 12.8 Å². The summed E-state index contributed by atoms with van der Waals surface area (Å²) in [6.45, 7) is 11.8. The lowest BCUT2D eigenvalue weighted by Crippen LogP contribution is -2.39. The fourth-order valence-electron chi connectivity index (χ4n) is 4.03. The van der Waals surface area contributed by atoms with Crippen LogP contribution in [0.2, 0.25) is 0 Å². The topological polar surface area (TPSA) is 61.9 Å². The molecule has 1 unspecified atom stereocenters. The number of benzene rings is 1. The van der Waals surface area contributed by atoms with Crippen molar-refractivity contribution in [3.8, 4) is 0 Å². The molecule has 0 bridgehead atoms. The summed E-state index contributed by atoms with van der Waals surface area (Å²) in [7, 11) is 4.13. The number of anilines is 1. The van der Waals surface area contributed by atoms with E-state index in [2.05, 4.69) is 88.0 Å². The van der Waals surface area contributed by atoms with Gasteiger partial charge in [-0.2, -0.15) is 0 Å². The number of rotatable bonds is 9. The lowest BCUT2D eigenvalue weighted by atomic mass is 9.98. The third kappa shape index (κ3) is 7.71. The van der Waals surface area contributed by atoms with E-state index in [1.165, 1.54) is 16.8 Å². The monoisotopic (exact) mass is 450 g/mol. The maximum atomic E-state index is 12.0. The number of allylic oxidation sites excluding steroid dienone is 5. The quantitative estimate of drug-likeness (QED) is 0.312. The van der Waals surface area contributed by atoms with Gasteiger partial charge in [0.2, 0.25) is 0 Å². The number of nitrogens with zero attached hydrogens (tertiary/aromatic N) is 3. The van der Waals surface area contributed by atoms with Crippen molar-refractivity contribution in [2.45, 2.75) is 59.9 Å². The van der Waals surface area contributed by atoms with Crippen LogP contribution in [-0.4, -0.2) is 49.6 Å². The molecule has 1 atom stereocenters. The first kappa shape index (κ1) is 26.6. The van der Waals surface area contributed by atoms with Crippen LogP contribution in [0.15, 0.2) is 53.3 Å². The Morgan fingerprint density at radius 2 is 1.94 bits per heavy atom. The summed E-state index contributed by atoms with van der Waals surface area (Å²) in [4.78, 5) is 21.3. The molecule has 5 heteroatoms. The number of carbonyl (C=O) groups excluding carboxylic acids is 1. The van der Waals surface area contributed by atoms with E-state index in [0.29, 0.717) is 0 Å². The molecule has 1 heterocycles. The zero-order chi connectivity index (χ0) is 24.5. The molecule has 2 rings (SSSR count). The fraction of sp³-hybridized carbons (Fsp3) is 0.500. The standard InChI is InChI=1S/C28H42N4O/c1-8-20(3)26(30-28(19-22(5)33)32-16-14-25(29)15-17-32)12-10-23(9-2)24-11-13-27(31(6)7)21(4)18-24/h9-13,18-20,25H,8,14-17,29H2,1-7H3/b12-10-,23-9+,28-19+,30-26-. The Balaban J connectivity index is 2.39. The van der Waals surface area contributed by atoms with Gasteiger partial charge in [0, 0.05) is 50.7 Å². The average Bonchev–Trinajstić information content (AvgIpc) is 2.77. The summed E-state index contributed by atoms with van der Waals surface area (Å²) in [5.41, 5.74) is 11.9. The Morgan fingerprint density at radius 1 is 1.27 bits per heavy atom. The number of ketones is 1. The lowest BCUT2D eigenvalue weighted by molar-refractivity contribution is -0.112. The average molecular weight is 451 g/mol. The Labute approximate surface area is 200 Å². The number of nitrogens with two attached hydrogens (primary N) is 1. The van der Waals surface area contributed by atoms with Crippen molar-refractivity contribution < 1.29 is 4.79 Å². The first-order chi connectivity index (χ1) is 15.7. The van der Waals surface area contributed by atoms with Gasteiger partial charge in [-0.3, -0.25) is 4.79 Å². The normalized spacial score (nSPS) is 17.6. The molecule has 1 saturated heterocycles. The van der Waals surface area contributed by atoms with E-state index in [0.717, 1.165) is 49.5 Å². The molecule has 1 aliphatic rings. The van der Waals surface area contributed by atoms with Gasteiger partial charge in [0.25, 0.3) is 0 Å². The van der Waals surface area contributed by atoms with Gasteiger partial charge in [-0.15, -0.1) is 0 Å². The van der Waals surface area contributed by atoms with Crippen LogP contribution in [0.25, 0.3) is 5.57 Å². The molecule has 0 aliphatic carbocycles. The summed E-state index contributed by atoms with van der Waals surface area (Å²) in [5.74, 6) is 1.05. The van der Waals surface area contributed by atoms with Crippen LogP contribution < -0.4 is 10.6 Å². The second kappa shape index (κ2) is 12.5. The smallest absolute Gasteiger partial charge is 0.156 e. The number of aliphatic imine (C=N–C) groups is 1. The van der Waals surface area contributed by atoms with Gasteiger partial charge in [-0.1, -0.05) is 32.1 Å². The van der Waals surface area contributed by atoms with E-state index in [1.807, 2.05) is 0 Å². The molecule has 2 N–H and O–H groups in total. The lowest BCUT2D eigenvalue weighted by Gasteiger charge is -2.32. The molecule has 180 valence electrons. The second-order valence-electron chi connectivity index (χ2n) is 9.26. The molecule has 1 aliphatic heterocycles. The summed E-state index contributed by atoms with van der Waals surface area (Å²) < 4.78 is 0. The molecule has 0 amide bonds. The molecule has 1 aromatic carbocycles. The molecule has 0 aromatic heterocycles. The minimum Gasteiger partial charge on any atom is -0.377 e. The highest BCUT2D eigenvalue weighted by Gasteiger charge is 2.19. The largest absolute Gasteiger partial charge is 0.377 e. The molecule has 0 radical (unpaired) electrons. The highest BCUT2D eigenvalue weighted by molar-refractivity contribution is 6.00. The second-order valence-corrected chi connectivity index (χ2v) is 9.26. The highest BCUT2D eigenvalue weighted by Crippen LogP contribution is 2.25. The van der Waals surface area contributed by atoms with Gasteiger partial charge in [0.15, 0.2) is 5.78 Å². The number of likely N-dealkylation sites (tertiary alicyclic amines) is 1. The number of aryl methyl sites for hydroxylation is 1. The van der Waals surface area contributed by atoms with Gasteiger partial charge < -0.3 is 15.5 Å². The van der Waals surface area contributed by atoms with Crippen LogP contribution in [0.1, 0.15) is 58.1 Å². The van der Waals surface area contributed by atoms with Gasteiger partial charge in [0.1, 0.15) is 5.82 Å². The zero-order valence-corrected chi connectivity index (χ0v) is 21.6. The van der Waals surface area contributed by atoms with Crippen LogP contribution >= 0.6 is 0 Å². The van der Waals surface area contributed by atoms with Crippen molar-refractivity contribution in [1.82, 2.24) is 4.90 Å². The predicted octanol–water partition coefficient (Wildman–Crippen LogP) is 5.36. The van der Waals surface area contributed by atoms with E-state index in [1.54, 1.807) is 13.0 Å². The molecule has 5 nitrogen and oxygen atoms in total. The maximum absolute atomic E-state index is 12.0. The van der Waals surface area contributed by atoms with E-state index in [4.69, 9.17) is 10.7 Å². The molecule has 1 aromatic rings. The van der Waals surface area contributed by atoms with Gasteiger partial charge in [-0.05, 0) is 80.9 Å². The molecular weight excluding hydrogens is 408 g/mol. The number of hydrogen-bond acceptors (Lipinski definition) is 5. The van der Waals surface area contributed by atoms with E-state index < -0.39 is 0 Å². The van der Waals surface area contributed by atoms with Crippen LogP contribution in [-0.2, 0) is 4.79 Å². The van der Waals surface area contributed by atoms with Crippen molar-refractivity contribution >= 4 is 22.8 Å². The molecule has 1 fully saturated rings. The number of hydrogen-bond donors (Lipinski definition) is 1. The van der Waals surface area contributed by atoms with Crippen LogP contribution in [0.3, 0.4) is 0 Å². The van der Waals surface area contributed by atoms with E-state index in [-0.39, 0.29) is 17.7 Å². The summed E-state index contributed by atoms with van der Waals surface area (Å²) >= 11 is 0. The Kier molecular flexibility index (Phi) is 10.1. The van der Waals surface area contributed by atoms with Crippen molar-refractivity contribution in [2.75, 3.05) is 32.1 Å². The molecule has 0 spiro atoms. The van der Waals surface area contributed by atoms with Gasteiger partial charge >= 0.3 is 0 Å². The SMILES string of the molecule is C\C=C(/C=C\C(=N\C(=C/C(C)=O)N1CCC(N)CC1)C(C)CC)c1ccc(N(C)C)c(C)c1. The number of carbonyl (C=O) groups is 1. The minimum absolute atomic E-state index is 0.0155. The van der Waals surface area contributed by atoms with Crippen LogP contribution in [0.4, 0.5) is 5.69 Å². The predicted molar refractivity (Wildman–Crippen MR) is 143 cm³/mol. The first-order valence-electron chi connectivity index (χ1n) is 12.1. The Hall–Kier alpha value is -2.66. The fourth-order valence-corrected chi connectivity index (χ4v) is 4.03. The van der Waals surface area contributed by atoms with Crippen molar-refractivity contribution in [3.05, 3.63) is 59.5 Å². The van der Waals surface area contributed by atoms with Gasteiger partial charge in [0.05, 0.1) is 0 Å². The van der Waals surface area contributed by atoms with Crippen molar-refractivity contribution in [2.24, 2.45) is 16.6 Å². The molecule has 0 saturated carbocycles. The first-order valence-corrected chi connectivity index (χ1v) is 12.1. The van der Waals surface area contributed by atoms with Crippen LogP contribution in [0.5, 0.6) is 0 Å². The summed E-state index contributed by atoms with van der Waals surface area (Å²) in [5, 5.41) is 0. The number of piperidine rings is 1. The molecular formula is C28H42N4O. The summed E-state index contributed by atoms with van der Waals surface area (Å²) in [6.07, 6.45) is 10.9. The summed E-state index contributed by atoms with van der Waals surface area (Å²) in [6, 6.07) is 6.80. The minimum atomic E-state index is 0.0155. The van der Waals surface area contributed by atoms with E-state index in [9.17, 15) is 4.79 Å². The Bertz CT molecular complexity index is 931. The van der Waals surface area contributed by atoms with Crippen molar-refractivity contribution in [3.63, 3.8) is 0 Å². The molecule has 33 heavy (non-hydrogen) atoms. The third-order valence-corrected chi connectivity index (χ3v) is 6.31. The third-order valence-electron chi connectivity index (χ3n) is 6.31. The van der Waals surface area contributed by atoms with Crippen molar-refractivity contribution in [1.29, 1.82) is 0 Å². The van der Waals surface area contributed by atoms with E-state index >= 15 is 0 Å². The zero-order valence-electron chi connectivity index (χ0n) is 21.6. The van der Waals surface area contributed by atoms with Gasteiger partial charge in [-0.25, -0.2) is 4.99 Å². The Morgan fingerprint density at radius 3 is 2.45 bits per heavy atom. The maximum Gasteiger partial charge on any atom is 0.156 e. The highest BCUT2D eigenvalue weighted by atomic mass is 16.1.